The average Bonchev–Trinajstić information content (AvgIpc) is 1.85. The van der Waals surface area contributed by atoms with Crippen LogP contribution in [0.25, 0.3) is 0 Å². The molecule has 0 radical (unpaired) electrons. The van der Waals surface area contributed by atoms with E-state index in [1.165, 1.54) is 32.4 Å². The molecule has 1 saturated carbocycles. The third-order valence-electron chi connectivity index (χ3n) is 2.35. The molecule has 0 N–H and O–H groups in total. The van der Waals surface area contributed by atoms with E-state index in [9.17, 15) is 0 Å². The van der Waals surface area contributed by atoms with Gasteiger partial charge < -0.3 is 4.90 Å². The van der Waals surface area contributed by atoms with E-state index in [0.717, 1.165) is 10.7 Å². The van der Waals surface area contributed by atoms with E-state index in [0.29, 0.717) is 0 Å². The highest BCUT2D eigenvalue weighted by molar-refractivity contribution is 9.09. The normalized spacial score (nSPS) is 30.5. The van der Waals surface area contributed by atoms with Crippen molar-refractivity contribution in [2.45, 2.75) is 31.0 Å². The Labute approximate surface area is 78.3 Å². The average molecular weight is 220 g/mol. The van der Waals surface area contributed by atoms with Crippen LogP contribution in [0.1, 0.15) is 26.2 Å². The topological polar surface area (TPSA) is 3.24 Å². The van der Waals surface area contributed by atoms with Crippen LogP contribution in [0.3, 0.4) is 0 Å². The maximum atomic E-state index is 3.61. The van der Waals surface area contributed by atoms with Crippen LogP contribution in [0.15, 0.2) is 0 Å². The first-order chi connectivity index (χ1) is 5.22. The zero-order valence-corrected chi connectivity index (χ0v) is 9.10. The third kappa shape index (κ3) is 3.12. The minimum Gasteiger partial charge on any atom is -0.306 e. The molecular formula is C9H18BrN. The van der Waals surface area contributed by atoms with Gasteiger partial charge in [0.25, 0.3) is 0 Å². The second kappa shape index (κ2) is 4.46. The Bertz CT molecular complexity index is 107. The highest BCUT2D eigenvalue weighted by atomic mass is 79.9. The second-order valence-corrected chi connectivity index (χ2v) is 4.99. The van der Waals surface area contributed by atoms with Crippen molar-refractivity contribution in [2.24, 2.45) is 5.92 Å². The van der Waals surface area contributed by atoms with Crippen molar-refractivity contribution in [3.8, 4) is 0 Å². The summed E-state index contributed by atoms with van der Waals surface area (Å²) in [5.41, 5.74) is 0. The molecule has 0 unspecified atom stereocenters. The van der Waals surface area contributed by atoms with Gasteiger partial charge in [-0.15, -0.1) is 0 Å². The maximum absolute atomic E-state index is 3.61. The van der Waals surface area contributed by atoms with Gasteiger partial charge in [-0.25, -0.2) is 0 Å². The molecule has 0 atom stereocenters. The first kappa shape index (κ1) is 9.53. The number of nitrogens with zero attached hydrogens (tertiary/aromatic N) is 1. The van der Waals surface area contributed by atoms with Gasteiger partial charge in [-0.3, -0.25) is 0 Å². The van der Waals surface area contributed by atoms with E-state index in [4.69, 9.17) is 0 Å². The standard InChI is InChI=1S/C9H18BrN/c1-3-4-11(2)7-8-5-9(10)6-8/h8-9H,3-7H2,1-2H3. The highest BCUT2D eigenvalue weighted by Crippen LogP contribution is 2.33. The van der Waals surface area contributed by atoms with Gasteiger partial charge in [0.05, 0.1) is 0 Å². The van der Waals surface area contributed by atoms with Gasteiger partial charge in [0.2, 0.25) is 0 Å². The van der Waals surface area contributed by atoms with Crippen molar-refractivity contribution < 1.29 is 0 Å². The summed E-state index contributed by atoms with van der Waals surface area (Å²) < 4.78 is 0. The van der Waals surface area contributed by atoms with E-state index in [-0.39, 0.29) is 0 Å². The Hall–Kier alpha value is 0.440. The van der Waals surface area contributed by atoms with Crippen LogP contribution in [0.5, 0.6) is 0 Å². The maximum Gasteiger partial charge on any atom is 0.0152 e. The molecule has 1 rings (SSSR count). The minimum absolute atomic E-state index is 0.822. The summed E-state index contributed by atoms with van der Waals surface area (Å²) >= 11 is 3.61. The molecular weight excluding hydrogens is 202 g/mol. The predicted molar refractivity (Wildman–Crippen MR) is 53.2 cm³/mol. The molecule has 2 heteroatoms. The lowest BCUT2D eigenvalue weighted by Gasteiger charge is -2.34. The van der Waals surface area contributed by atoms with Crippen LogP contribution in [-0.2, 0) is 0 Å². The van der Waals surface area contributed by atoms with Crippen molar-refractivity contribution in [1.82, 2.24) is 4.90 Å². The molecule has 1 aliphatic carbocycles. The fraction of sp³-hybridized carbons (Fsp3) is 1.00. The first-order valence-corrected chi connectivity index (χ1v) is 5.46. The van der Waals surface area contributed by atoms with Crippen LogP contribution in [0.2, 0.25) is 0 Å². The molecule has 0 aromatic heterocycles. The SMILES string of the molecule is CCCN(C)CC1CC(Br)C1. The Kier molecular flexibility index (Phi) is 3.86. The largest absolute Gasteiger partial charge is 0.306 e. The van der Waals surface area contributed by atoms with E-state index in [1.54, 1.807) is 0 Å². The smallest absolute Gasteiger partial charge is 0.0152 e. The van der Waals surface area contributed by atoms with E-state index in [1.807, 2.05) is 0 Å². The zero-order valence-electron chi connectivity index (χ0n) is 7.52. The van der Waals surface area contributed by atoms with Gasteiger partial charge >= 0.3 is 0 Å². The van der Waals surface area contributed by atoms with Crippen LogP contribution < -0.4 is 0 Å². The van der Waals surface area contributed by atoms with Crippen molar-refractivity contribution in [3.05, 3.63) is 0 Å². The van der Waals surface area contributed by atoms with Crippen LogP contribution in [-0.4, -0.2) is 29.9 Å². The summed E-state index contributed by atoms with van der Waals surface area (Å²) in [6, 6.07) is 0. The number of alkyl halides is 1. The van der Waals surface area contributed by atoms with Crippen molar-refractivity contribution in [2.75, 3.05) is 20.1 Å². The lowest BCUT2D eigenvalue weighted by Crippen LogP contribution is -2.34. The molecule has 66 valence electrons. The van der Waals surface area contributed by atoms with Gasteiger partial charge in [-0.2, -0.15) is 0 Å². The van der Waals surface area contributed by atoms with Gasteiger partial charge in [-0.1, -0.05) is 22.9 Å². The van der Waals surface area contributed by atoms with Gasteiger partial charge in [0.1, 0.15) is 0 Å². The molecule has 11 heavy (non-hydrogen) atoms. The molecule has 0 aromatic carbocycles. The summed E-state index contributed by atoms with van der Waals surface area (Å²) in [7, 11) is 2.23. The molecule has 1 fully saturated rings. The molecule has 1 aliphatic rings. The third-order valence-corrected chi connectivity index (χ3v) is 3.10. The van der Waals surface area contributed by atoms with E-state index >= 15 is 0 Å². The summed E-state index contributed by atoms with van der Waals surface area (Å²) in [4.78, 5) is 3.27. The number of hydrogen-bond acceptors (Lipinski definition) is 1. The monoisotopic (exact) mass is 219 g/mol. The van der Waals surface area contributed by atoms with Crippen molar-refractivity contribution in [1.29, 1.82) is 0 Å². The second-order valence-electron chi connectivity index (χ2n) is 3.70. The number of halogens is 1. The Balaban J connectivity index is 2.02. The molecule has 0 aromatic rings. The van der Waals surface area contributed by atoms with Crippen molar-refractivity contribution in [3.63, 3.8) is 0 Å². The molecule has 0 amide bonds. The van der Waals surface area contributed by atoms with Crippen LogP contribution in [0, 0.1) is 5.92 Å². The Morgan fingerprint density at radius 2 is 2.09 bits per heavy atom. The molecule has 0 saturated heterocycles. The fourth-order valence-corrected chi connectivity index (χ4v) is 2.77. The summed E-state index contributed by atoms with van der Waals surface area (Å²) in [5, 5.41) is 0. The van der Waals surface area contributed by atoms with Gasteiger partial charge in [0, 0.05) is 11.4 Å². The molecule has 0 aliphatic heterocycles. The zero-order chi connectivity index (χ0) is 8.27. The summed E-state index contributed by atoms with van der Waals surface area (Å²) in [6.07, 6.45) is 4.04. The fourth-order valence-electron chi connectivity index (χ4n) is 1.72. The Morgan fingerprint density at radius 3 is 2.55 bits per heavy atom. The van der Waals surface area contributed by atoms with Gasteiger partial charge in [-0.05, 0) is 38.8 Å². The summed E-state index contributed by atoms with van der Waals surface area (Å²) in [5.74, 6) is 0.968. The van der Waals surface area contributed by atoms with Gasteiger partial charge in [0.15, 0.2) is 0 Å². The van der Waals surface area contributed by atoms with E-state index in [2.05, 4.69) is 34.8 Å². The molecule has 0 heterocycles. The molecule has 1 nitrogen and oxygen atoms in total. The quantitative estimate of drug-likeness (QED) is 0.658. The number of hydrogen-bond donors (Lipinski definition) is 0. The Morgan fingerprint density at radius 1 is 1.45 bits per heavy atom. The van der Waals surface area contributed by atoms with E-state index < -0.39 is 0 Å². The summed E-state index contributed by atoms with van der Waals surface area (Å²) in [6.45, 7) is 4.80. The van der Waals surface area contributed by atoms with Crippen LogP contribution >= 0.6 is 15.9 Å². The van der Waals surface area contributed by atoms with Crippen molar-refractivity contribution >= 4 is 15.9 Å². The molecule has 0 spiro atoms. The molecule has 0 bridgehead atoms. The first-order valence-electron chi connectivity index (χ1n) is 4.55. The lowest BCUT2D eigenvalue weighted by molar-refractivity contribution is 0.214. The minimum atomic E-state index is 0.822. The number of rotatable bonds is 4. The highest BCUT2D eigenvalue weighted by Gasteiger charge is 2.27. The predicted octanol–water partition coefficient (Wildman–Crippen LogP) is 2.50. The van der Waals surface area contributed by atoms with Crippen LogP contribution in [0.4, 0.5) is 0 Å². The lowest BCUT2D eigenvalue weighted by atomic mass is 9.85.